The van der Waals surface area contributed by atoms with Crippen LogP contribution in [0.3, 0.4) is 0 Å². The molecule has 0 aromatic heterocycles. The Hall–Kier alpha value is -1.71. The molecule has 1 aliphatic carbocycles. The number of allylic oxidation sites excluding steroid dienone is 3. The van der Waals surface area contributed by atoms with Crippen molar-refractivity contribution in [1.29, 1.82) is 5.41 Å². The van der Waals surface area contributed by atoms with Gasteiger partial charge in [0.25, 0.3) is 0 Å². The Labute approximate surface area is 94.9 Å². The van der Waals surface area contributed by atoms with Gasteiger partial charge in [0.2, 0.25) is 0 Å². The van der Waals surface area contributed by atoms with Crippen molar-refractivity contribution in [2.45, 2.75) is 19.8 Å². The highest BCUT2D eigenvalue weighted by molar-refractivity contribution is 6.22. The van der Waals surface area contributed by atoms with Crippen LogP contribution in [0, 0.1) is 11.3 Å². The summed E-state index contributed by atoms with van der Waals surface area (Å²) in [7, 11) is 0. The monoisotopic (exact) mass is 217 g/mol. The molecule has 0 fully saturated rings. The molecule has 0 saturated heterocycles. The Morgan fingerprint density at radius 2 is 2.31 bits per heavy atom. The summed E-state index contributed by atoms with van der Waals surface area (Å²) in [6.07, 6.45) is 9.36. The predicted molar refractivity (Wildman–Crippen MR) is 63.9 cm³/mol. The van der Waals surface area contributed by atoms with Crippen molar-refractivity contribution in [1.82, 2.24) is 4.90 Å². The van der Waals surface area contributed by atoms with Gasteiger partial charge in [-0.25, -0.2) is 4.79 Å². The van der Waals surface area contributed by atoms with E-state index in [0.29, 0.717) is 18.1 Å². The minimum Gasteiger partial charge on any atom is -0.287 e. The molecule has 0 radical (unpaired) electrons. The van der Waals surface area contributed by atoms with Crippen molar-refractivity contribution in [3.8, 4) is 0 Å². The normalized spacial score (nSPS) is 23.4. The van der Waals surface area contributed by atoms with Gasteiger partial charge in [0.05, 0.1) is 11.6 Å². The second-order valence-corrected chi connectivity index (χ2v) is 3.93. The number of carbonyl (C=O) groups is 1. The van der Waals surface area contributed by atoms with Gasteiger partial charge in [-0.3, -0.25) is 10.3 Å². The number of hydrogen-bond donors (Lipinski definition) is 1. The number of amides is 2. The molecule has 2 aliphatic rings. The number of hydrogen-bond acceptors (Lipinski definition) is 2. The minimum atomic E-state index is -0.301. The van der Waals surface area contributed by atoms with Crippen LogP contribution < -0.4 is 0 Å². The van der Waals surface area contributed by atoms with Crippen LogP contribution in [-0.4, -0.2) is 29.0 Å². The largest absolute Gasteiger partial charge is 0.349 e. The van der Waals surface area contributed by atoms with Crippen LogP contribution in [-0.2, 0) is 0 Å². The number of amidine groups is 1. The van der Waals surface area contributed by atoms with E-state index >= 15 is 0 Å². The number of urea groups is 1. The van der Waals surface area contributed by atoms with Crippen molar-refractivity contribution in [3.63, 3.8) is 0 Å². The van der Waals surface area contributed by atoms with Gasteiger partial charge >= 0.3 is 6.03 Å². The van der Waals surface area contributed by atoms with Gasteiger partial charge in [-0.15, -0.1) is 0 Å². The van der Waals surface area contributed by atoms with E-state index < -0.39 is 0 Å². The fourth-order valence-electron chi connectivity index (χ4n) is 1.84. The zero-order chi connectivity index (χ0) is 11.5. The SMILES string of the molecule is CCCCN1C(=N)C2C=CC=CC2=NC1=O. The van der Waals surface area contributed by atoms with Crippen molar-refractivity contribution < 1.29 is 4.79 Å². The lowest BCUT2D eigenvalue weighted by Crippen LogP contribution is -2.45. The number of unbranched alkanes of at least 4 members (excludes halogenated alkanes) is 1. The molecule has 0 bridgehead atoms. The van der Waals surface area contributed by atoms with Crippen LogP contribution in [0.4, 0.5) is 4.79 Å². The molecule has 4 heteroatoms. The zero-order valence-corrected chi connectivity index (χ0v) is 9.31. The van der Waals surface area contributed by atoms with Crippen LogP contribution >= 0.6 is 0 Å². The van der Waals surface area contributed by atoms with Crippen LogP contribution in [0.1, 0.15) is 19.8 Å². The third-order valence-corrected chi connectivity index (χ3v) is 2.78. The topological polar surface area (TPSA) is 56.5 Å². The summed E-state index contributed by atoms with van der Waals surface area (Å²) in [5.74, 6) is 0.212. The molecule has 1 heterocycles. The molecule has 0 aromatic rings. The van der Waals surface area contributed by atoms with E-state index in [1.807, 2.05) is 18.2 Å². The Balaban J connectivity index is 2.22. The number of carbonyl (C=O) groups excluding carboxylic acids is 1. The standard InChI is InChI=1S/C12H15N3O/c1-2-3-8-15-11(13)9-6-4-5-7-10(9)14-12(15)16/h4-7,9,13H,2-3,8H2,1H3. The number of nitrogens with one attached hydrogen (secondary N) is 1. The van der Waals surface area contributed by atoms with E-state index in [9.17, 15) is 4.79 Å². The molecule has 1 aliphatic heterocycles. The Morgan fingerprint density at radius 3 is 3.06 bits per heavy atom. The Morgan fingerprint density at radius 1 is 1.50 bits per heavy atom. The molecule has 2 rings (SSSR count). The fourth-order valence-corrected chi connectivity index (χ4v) is 1.84. The van der Waals surface area contributed by atoms with Crippen molar-refractivity contribution >= 4 is 17.6 Å². The molecule has 1 unspecified atom stereocenters. The molecular formula is C12H15N3O. The molecule has 4 nitrogen and oxygen atoms in total. The lowest BCUT2D eigenvalue weighted by Gasteiger charge is -2.30. The summed E-state index contributed by atoms with van der Waals surface area (Å²) < 4.78 is 0. The number of fused-ring (bicyclic) bond motifs is 1. The summed E-state index contributed by atoms with van der Waals surface area (Å²) in [6.45, 7) is 2.66. The fraction of sp³-hybridized carbons (Fsp3) is 0.417. The van der Waals surface area contributed by atoms with Crippen LogP contribution in [0.2, 0.25) is 0 Å². The zero-order valence-electron chi connectivity index (χ0n) is 9.31. The molecule has 0 saturated carbocycles. The predicted octanol–water partition coefficient (Wildman–Crippen LogP) is 2.38. The first-order chi connectivity index (χ1) is 7.74. The van der Waals surface area contributed by atoms with Gasteiger partial charge in [-0.1, -0.05) is 31.6 Å². The first-order valence-electron chi connectivity index (χ1n) is 5.57. The van der Waals surface area contributed by atoms with E-state index in [-0.39, 0.29) is 11.9 Å². The third kappa shape index (κ3) is 1.83. The van der Waals surface area contributed by atoms with E-state index in [1.54, 1.807) is 6.08 Å². The van der Waals surface area contributed by atoms with E-state index in [4.69, 9.17) is 5.41 Å². The summed E-state index contributed by atoms with van der Waals surface area (Å²) in [4.78, 5) is 17.2. The van der Waals surface area contributed by atoms with Crippen molar-refractivity contribution in [3.05, 3.63) is 24.3 Å². The van der Waals surface area contributed by atoms with E-state index in [0.717, 1.165) is 12.8 Å². The van der Waals surface area contributed by atoms with Crippen molar-refractivity contribution in [2.75, 3.05) is 6.54 Å². The summed E-state index contributed by atoms with van der Waals surface area (Å²) in [5, 5.41) is 8.02. The average molecular weight is 217 g/mol. The average Bonchev–Trinajstić information content (AvgIpc) is 2.29. The summed E-state index contributed by atoms with van der Waals surface area (Å²) in [5.41, 5.74) is 0.685. The summed E-state index contributed by atoms with van der Waals surface area (Å²) in [6, 6.07) is -0.301. The molecule has 84 valence electrons. The minimum absolute atomic E-state index is 0.139. The van der Waals surface area contributed by atoms with Crippen LogP contribution in [0.15, 0.2) is 29.3 Å². The maximum Gasteiger partial charge on any atom is 0.349 e. The highest BCUT2D eigenvalue weighted by Gasteiger charge is 2.31. The maximum absolute atomic E-state index is 11.7. The van der Waals surface area contributed by atoms with Crippen LogP contribution in [0.25, 0.3) is 0 Å². The second-order valence-electron chi connectivity index (χ2n) is 3.93. The Bertz CT molecular complexity index is 406. The molecule has 2 amide bonds. The molecule has 0 spiro atoms. The lowest BCUT2D eigenvalue weighted by atomic mass is 9.95. The van der Waals surface area contributed by atoms with Crippen LogP contribution in [0.5, 0.6) is 0 Å². The Kier molecular flexibility index (Phi) is 2.99. The van der Waals surface area contributed by atoms with Gasteiger partial charge < -0.3 is 0 Å². The van der Waals surface area contributed by atoms with Crippen molar-refractivity contribution in [2.24, 2.45) is 10.9 Å². The highest BCUT2D eigenvalue weighted by Crippen LogP contribution is 2.20. The van der Waals surface area contributed by atoms with Gasteiger partial charge in [-0.2, -0.15) is 4.99 Å². The van der Waals surface area contributed by atoms with Gasteiger partial charge in [0.15, 0.2) is 0 Å². The van der Waals surface area contributed by atoms with Gasteiger partial charge in [0.1, 0.15) is 5.84 Å². The number of aliphatic imine (C=N–C) groups is 1. The number of nitrogens with zero attached hydrogens (tertiary/aromatic N) is 2. The molecule has 1 atom stereocenters. The quantitative estimate of drug-likeness (QED) is 0.775. The number of rotatable bonds is 3. The highest BCUT2D eigenvalue weighted by atomic mass is 16.2. The molecule has 1 N–H and O–H groups in total. The second kappa shape index (κ2) is 4.43. The smallest absolute Gasteiger partial charge is 0.287 e. The van der Waals surface area contributed by atoms with E-state index in [2.05, 4.69) is 11.9 Å². The van der Waals surface area contributed by atoms with E-state index in [1.165, 1.54) is 4.90 Å². The first kappa shape index (κ1) is 10.8. The molecule has 16 heavy (non-hydrogen) atoms. The third-order valence-electron chi connectivity index (χ3n) is 2.78. The molecule has 0 aromatic carbocycles. The molecular weight excluding hydrogens is 202 g/mol. The first-order valence-corrected chi connectivity index (χ1v) is 5.57. The lowest BCUT2D eigenvalue weighted by molar-refractivity contribution is 0.227. The maximum atomic E-state index is 11.7. The van der Waals surface area contributed by atoms with Gasteiger partial charge in [0, 0.05) is 6.54 Å². The summed E-state index contributed by atoms with van der Waals surface area (Å²) >= 11 is 0. The van der Waals surface area contributed by atoms with Gasteiger partial charge in [-0.05, 0) is 12.5 Å².